The molecule has 0 saturated carbocycles. The summed E-state index contributed by atoms with van der Waals surface area (Å²) in [7, 11) is 1.59. The molecule has 0 bridgehead atoms. The van der Waals surface area contributed by atoms with E-state index in [9.17, 15) is 82.4 Å². The Labute approximate surface area is 727 Å². The Hall–Kier alpha value is -9.54. The van der Waals surface area contributed by atoms with Crippen molar-refractivity contribution >= 4 is 82.8 Å². The summed E-state index contributed by atoms with van der Waals surface area (Å²) in [5.74, 6) is -6.81. The first kappa shape index (κ1) is 111. The maximum atomic E-state index is 13.0. The summed E-state index contributed by atoms with van der Waals surface area (Å²) in [6, 6.07) is 8.89. The summed E-state index contributed by atoms with van der Waals surface area (Å²) in [4.78, 5) is 169. The van der Waals surface area contributed by atoms with E-state index >= 15 is 0 Å². The van der Waals surface area contributed by atoms with Gasteiger partial charge in [-0.3, -0.25) is 47.9 Å². The highest BCUT2D eigenvalue weighted by Crippen LogP contribution is 2.18. The van der Waals surface area contributed by atoms with E-state index in [1.165, 1.54) is 12.1 Å². The number of benzene rings is 2. The summed E-state index contributed by atoms with van der Waals surface area (Å²) < 4.78 is 54.6. The number of amides is 9. The number of Topliss-reactive ketones (excluding diaryl/α,β-unsaturated/α-hetero) is 1. The molecule has 0 heterocycles. The number of aliphatic carboxylic acids is 3. The second-order valence-electron chi connectivity index (χ2n) is 29.6. The molecule has 38 nitrogen and oxygen atoms in total. The molecule has 9 amide bonds. The van der Waals surface area contributed by atoms with Gasteiger partial charge in [0.15, 0.2) is 0 Å². The molecule has 4 atom stereocenters. The van der Waals surface area contributed by atoms with Crippen LogP contribution in [0.5, 0.6) is 11.5 Å². The number of carboxylic acids is 4. The van der Waals surface area contributed by atoms with E-state index < -0.39 is 65.8 Å². The maximum absolute atomic E-state index is 13.0. The van der Waals surface area contributed by atoms with E-state index in [2.05, 4.69) is 47.9 Å². The Balaban J connectivity index is 1.33. The van der Waals surface area contributed by atoms with Gasteiger partial charge in [0, 0.05) is 77.0 Å². The quantitative estimate of drug-likeness (QED) is 0.0387. The Morgan fingerprint density at radius 3 is 1.01 bits per heavy atom. The van der Waals surface area contributed by atoms with Crippen LogP contribution < -0.4 is 63.1 Å². The standard InChI is InChI=1S/C86H140N10O28/c1-88-70(26-18-20-42-89-77(101)61-120-58-55-118-52-46-93-80(104)64-122-60-54-116-50-44-91-74(98)41-40-73(86(113)114)95-76(100)29-17-11-7-3-5-9-13-24-49-124-69-37-32-66(33-38-69)83(107)108)82(106)96-71(84(109)110)27-19-21-43-90-78(102)62-121-59-56-117-51-45-92-79(103)63-119-57-53-115-47-22-14-15-25-67(97)34-39-72(85(111)112)94-75(99)28-16-10-6-2-4-8-12-23-48-123-68-35-30-65(31-36-68)81(87)105/h30-33,35-38,70-73,88H,2-29,34,39-64H2,1H3,(H2,87,105)(H,89,101)(H,90,102)(H,91,98)(H,92,103)(H,93,104)(H,94,99)(H,95,100)(H,96,106)(H,107,108)(H,109,110)(H,111,112)(H,113,114). The minimum Gasteiger partial charge on any atom is -0.494 e. The zero-order chi connectivity index (χ0) is 90.7. The molecule has 0 aliphatic carbocycles. The highest BCUT2D eigenvalue weighted by Gasteiger charge is 2.26. The number of likely N-dealkylation sites (N-methyl/N-ethyl adjacent to an activating group) is 1. The number of hydrogen-bond acceptors (Lipinski definition) is 25. The molecule has 4 unspecified atom stereocenters. The van der Waals surface area contributed by atoms with Crippen LogP contribution >= 0.6 is 0 Å². The smallest absolute Gasteiger partial charge is 0.335 e. The van der Waals surface area contributed by atoms with E-state index in [0.29, 0.717) is 108 Å². The fourth-order valence-electron chi connectivity index (χ4n) is 12.1. The van der Waals surface area contributed by atoms with Gasteiger partial charge in [-0.15, -0.1) is 0 Å². The largest absolute Gasteiger partial charge is 0.494 e. The van der Waals surface area contributed by atoms with Crippen LogP contribution in [0.1, 0.15) is 226 Å². The average Bonchev–Trinajstić information content (AvgIpc) is 0.908. The number of nitrogens with one attached hydrogen (secondary N) is 9. The molecule has 0 spiro atoms. The summed E-state index contributed by atoms with van der Waals surface area (Å²) in [6.07, 6.45) is 20.2. The molecule has 2 aromatic carbocycles. The number of hydrogen-bond donors (Lipinski definition) is 14. The zero-order valence-corrected chi connectivity index (χ0v) is 72.5. The number of rotatable bonds is 85. The first-order valence-corrected chi connectivity index (χ1v) is 43.7. The van der Waals surface area contributed by atoms with Crippen LogP contribution in [-0.4, -0.2) is 286 Å². The van der Waals surface area contributed by atoms with Gasteiger partial charge in [0.25, 0.3) is 0 Å². The topological polar surface area (TPSA) is 546 Å². The first-order valence-electron chi connectivity index (χ1n) is 43.7. The molecular weight excluding hydrogens is 1620 g/mol. The molecule has 0 fully saturated rings. The van der Waals surface area contributed by atoms with E-state index in [0.717, 1.165) is 96.3 Å². The van der Waals surface area contributed by atoms with Gasteiger partial charge in [-0.05, 0) is 145 Å². The van der Waals surface area contributed by atoms with Gasteiger partial charge in [0.1, 0.15) is 61.8 Å². The van der Waals surface area contributed by atoms with Crippen LogP contribution in [0.2, 0.25) is 0 Å². The molecule has 2 rings (SSSR count). The minimum atomic E-state index is -1.22. The van der Waals surface area contributed by atoms with Crippen LogP contribution in [0, 0.1) is 0 Å². The van der Waals surface area contributed by atoms with Gasteiger partial charge < -0.3 is 121 Å². The fraction of sp³-hybridized carbons (Fsp3) is 0.698. The number of ether oxygens (including phenoxy) is 10. The van der Waals surface area contributed by atoms with E-state index in [1.54, 1.807) is 43.4 Å². The third-order valence-corrected chi connectivity index (χ3v) is 19.1. The molecule has 2 aromatic rings. The summed E-state index contributed by atoms with van der Waals surface area (Å²) in [5.41, 5.74) is 5.91. The van der Waals surface area contributed by atoms with Gasteiger partial charge in [0.05, 0.1) is 97.5 Å². The number of carbonyl (C=O) groups excluding carboxylic acids is 10. The van der Waals surface area contributed by atoms with Crippen LogP contribution in [0.3, 0.4) is 0 Å². The molecule has 38 heteroatoms. The van der Waals surface area contributed by atoms with Crippen LogP contribution in [-0.2, 0) is 95.4 Å². The van der Waals surface area contributed by atoms with E-state index in [-0.39, 0.29) is 217 Å². The maximum Gasteiger partial charge on any atom is 0.335 e. The van der Waals surface area contributed by atoms with Crippen molar-refractivity contribution in [2.24, 2.45) is 5.73 Å². The summed E-state index contributed by atoms with van der Waals surface area (Å²) in [5, 5.41) is 62.0. The highest BCUT2D eigenvalue weighted by molar-refractivity contribution is 5.93. The van der Waals surface area contributed by atoms with Gasteiger partial charge in [-0.25, -0.2) is 19.2 Å². The molecule has 124 heavy (non-hydrogen) atoms. The van der Waals surface area contributed by atoms with Gasteiger partial charge in [-0.2, -0.15) is 0 Å². The van der Waals surface area contributed by atoms with Crippen molar-refractivity contribution in [2.75, 3.05) is 159 Å². The fourth-order valence-corrected chi connectivity index (χ4v) is 12.1. The average molecular weight is 1760 g/mol. The van der Waals surface area contributed by atoms with Crippen molar-refractivity contribution in [3.05, 3.63) is 59.7 Å². The summed E-state index contributed by atoms with van der Waals surface area (Å²) in [6.45, 7) is 3.80. The number of primary amides is 1. The molecule has 0 aliphatic rings. The molecule has 0 saturated heterocycles. The Kier molecular flexibility index (Phi) is 66.7. The van der Waals surface area contributed by atoms with Gasteiger partial charge in [-0.1, -0.05) is 83.5 Å². The third kappa shape index (κ3) is 63.4. The predicted octanol–water partition coefficient (Wildman–Crippen LogP) is 5.00. The lowest BCUT2D eigenvalue weighted by atomic mass is 10.0. The van der Waals surface area contributed by atoms with Crippen LogP contribution in [0.25, 0.3) is 0 Å². The molecular formula is C86H140N10O28. The van der Waals surface area contributed by atoms with Gasteiger partial charge in [0.2, 0.25) is 53.2 Å². The van der Waals surface area contributed by atoms with Crippen molar-refractivity contribution in [2.45, 2.75) is 230 Å². The lowest BCUT2D eigenvalue weighted by Gasteiger charge is -2.20. The Morgan fingerprint density at radius 1 is 0.290 bits per heavy atom. The SMILES string of the molecule is CNC(CCCCNC(=O)COCCOCCNC(=O)COCCOCCNC(=O)CCC(NC(=O)CCCCCCCCCCOc1ccc(C(=O)O)cc1)C(=O)O)C(=O)NC(CCCCNC(=O)COCCOCCNC(=O)COCCOCCCCCC(=O)CCC(NC(=O)CCCCCCCCCCOc1ccc(C(N)=O)cc1)C(=O)O)C(=O)O. The van der Waals surface area contributed by atoms with Crippen LogP contribution in [0.15, 0.2) is 48.5 Å². The molecule has 0 aromatic heterocycles. The van der Waals surface area contributed by atoms with Gasteiger partial charge >= 0.3 is 23.9 Å². The first-order chi connectivity index (χ1) is 60.0. The molecule has 0 radical (unpaired) electrons. The monoisotopic (exact) mass is 1760 g/mol. The zero-order valence-electron chi connectivity index (χ0n) is 72.5. The molecule has 702 valence electrons. The third-order valence-electron chi connectivity index (χ3n) is 19.1. The van der Waals surface area contributed by atoms with Crippen molar-refractivity contribution in [3.63, 3.8) is 0 Å². The summed E-state index contributed by atoms with van der Waals surface area (Å²) >= 11 is 0. The number of unbranched alkanes of at least 4 members (excludes halogenated alkanes) is 18. The number of carboxylic acid groups (broad SMARTS) is 4. The van der Waals surface area contributed by atoms with Crippen molar-refractivity contribution in [1.29, 1.82) is 0 Å². The number of nitrogens with two attached hydrogens (primary N) is 1. The predicted molar refractivity (Wildman–Crippen MR) is 455 cm³/mol. The number of aromatic carboxylic acids is 1. The van der Waals surface area contributed by atoms with E-state index in [4.69, 9.17) is 58.2 Å². The van der Waals surface area contributed by atoms with E-state index in [1.807, 2.05) is 0 Å². The van der Waals surface area contributed by atoms with Crippen molar-refractivity contribution in [1.82, 2.24) is 47.9 Å². The Morgan fingerprint density at radius 2 is 0.613 bits per heavy atom. The van der Waals surface area contributed by atoms with Crippen molar-refractivity contribution in [3.8, 4) is 11.5 Å². The second kappa shape index (κ2) is 74.8. The number of ketones is 1. The normalized spacial score (nSPS) is 12.0. The lowest BCUT2D eigenvalue weighted by molar-refractivity contribution is -0.142. The highest BCUT2D eigenvalue weighted by atomic mass is 16.5. The lowest BCUT2D eigenvalue weighted by Crippen LogP contribution is -2.49. The Bertz CT molecular complexity index is 3320. The van der Waals surface area contributed by atoms with Crippen LogP contribution in [0.4, 0.5) is 0 Å². The molecule has 15 N–H and O–H groups in total. The minimum absolute atomic E-state index is 0.0301. The number of carbonyl (C=O) groups is 14. The van der Waals surface area contributed by atoms with Crippen molar-refractivity contribution < 1.29 is 135 Å². The molecule has 0 aliphatic heterocycles. The second-order valence-corrected chi connectivity index (χ2v) is 29.6.